The van der Waals surface area contributed by atoms with Crippen LogP contribution in [0.15, 0.2) is 30.3 Å². The molecule has 0 saturated carbocycles. The van der Waals surface area contributed by atoms with Crippen LogP contribution in [-0.2, 0) is 24.7 Å². The van der Waals surface area contributed by atoms with Crippen molar-refractivity contribution in [2.45, 2.75) is 6.04 Å². The van der Waals surface area contributed by atoms with E-state index in [4.69, 9.17) is 0 Å². The minimum Gasteiger partial charge on any atom is -0.353 e. The lowest BCUT2D eigenvalue weighted by atomic mass is 10.1. The third-order valence-electron chi connectivity index (χ3n) is 2.82. The highest BCUT2D eigenvalue weighted by Crippen LogP contribution is 2.12. The van der Waals surface area contributed by atoms with Gasteiger partial charge in [-0.2, -0.15) is 0 Å². The maximum Gasteiger partial charge on any atom is 0.250 e. The normalized spacial score (nSPS) is 12.7. The fourth-order valence-electron chi connectivity index (χ4n) is 1.88. The molecule has 1 rings (SSSR count). The molecule has 1 radical (unpaired) electrons. The maximum absolute atomic E-state index is 12.2. The number of carbonyl (C=O) groups is 2. The molecule has 2 amide bonds. The van der Waals surface area contributed by atoms with Gasteiger partial charge in [0.1, 0.15) is 6.04 Å². The van der Waals surface area contributed by atoms with Gasteiger partial charge in [0.2, 0.25) is 21.8 Å². The number of hydrogen-bond acceptors (Lipinski definition) is 5. The van der Waals surface area contributed by atoms with Gasteiger partial charge in [-0.1, -0.05) is 30.3 Å². The van der Waals surface area contributed by atoms with Gasteiger partial charge >= 0.3 is 0 Å². The number of hydrogen-bond donors (Lipinski definition) is 3. The molecule has 1 aromatic carbocycles. The first kappa shape index (κ1) is 20.0. The van der Waals surface area contributed by atoms with Crippen LogP contribution in [0.5, 0.6) is 0 Å². The fraction of sp³-hybridized carbons (Fsp3) is 0.429. The highest BCUT2D eigenvalue weighted by molar-refractivity contribution is 7.89. The molecule has 0 heterocycles. The van der Waals surface area contributed by atoms with E-state index in [0.29, 0.717) is 5.56 Å². The van der Waals surface area contributed by atoms with E-state index in [-0.39, 0.29) is 12.3 Å². The predicted molar refractivity (Wildman–Crippen MR) is 86.5 cm³/mol. The zero-order valence-electron chi connectivity index (χ0n) is 13.5. The minimum atomic E-state index is -3.57. The second-order valence-electron chi connectivity index (χ2n) is 5.15. The molecule has 0 fully saturated rings. The monoisotopic (exact) mass is 357 g/mol. The lowest BCUT2D eigenvalue weighted by molar-refractivity contribution is -0.131. The van der Waals surface area contributed by atoms with Crippen LogP contribution in [0.1, 0.15) is 11.6 Å². The van der Waals surface area contributed by atoms with Gasteiger partial charge in [0.25, 0.3) is 0 Å². The van der Waals surface area contributed by atoms with Gasteiger partial charge in [0, 0.05) is 20.6 Å². The van der Waals surface area contributed by atoms with Crippen molar-refractivity contribution in [2.24, 2.45) is 0 Å². The Kier molecular flexibility index (Phi) is 7.79. The van der Waals surface area contributed by atoms with Crippen LogP contribution < -0.4 is 15.5 Å². The lowest BCUT2D eigenvalue weighted by Gasteiger charge is -2.18. The first-order chi connectivity index (χ1) is 11.2. The average Bonchev–Trinajstić information content (AvgIpc) is 2.51. The standard InChI is InChI=1S/C14H21N4O5S/c1-18(2)17-24(22,23)9-8-15-14(21)13(16-12(20)10-19)11-6-4-3-5-7-11/h3-7,13,17H,8-10H2,1-2H3,(H,15,21)(H,16,20)/t13-/m1/s1. The van der Waals surface area contributed by atoms with E-state index in [2.05, 4.69) is 15.5 Å². The minimum absolute atomic E-state index is 0.140. The Bertz CT molecular complexity index is 648. The van der Waals surface area contributed by atoms with Gasteiger partial charge in [0.05, 0.1) is 5.75 Å². The topological polar surface area (TPSA) is 128 Å². The van der Waals surface area contributed by atoms with E-state index in [1.807, 2.05) is 0 Å². The third-order valence-corrected chi connectivity index (χ3v) is 4.21. The van der Waals surface area contributed by atoms with Crippen LogP contribution in [0, 0.1) is 0 Å². The molecule has 133 valence electrons. The summed E-state index contributed by atoms with van der Waals surface area (Å²) in [7, 11) is -0.515. The lowest BCUT2D eigenvalue weighted by Crippen LogP contribution is -2.44. The van der Waals surface area contributed by atoms with Crippen molar-refractivity contribution < 1.29 is 23.1 Å². The summed E-state index contributed by atoms with van der Waals surface area (Å²) in [4.78, 5) is 25.8. The number of benzene rings is 1. The number of nitrogens with zero attached hydrogens (tertiary/aromatic N) is 1. The van der Waals surface area contributed by atoms with E-state index in [0.717, 1.165) is 0 Å². The molecule has 1 atom stereocenters. The summed E-state index contributed by atoms with van der Waals surface area (Å²) in [6, 6.07) is 7.30. The maximum atomic E-state index is 12.2. The summed E-state index contributed by atoms with van der Waals surface area (Å²) < 4.78 is 23.3. The van der Waals surface area contributed by atoms with Gasteiger partial charge in [-0.05, 0) is 5.56 Å². The quantitative estimate of drug-likeness (QED) is 0.478. The number of nitrogens with one attached hydrogen (secondary N) is 3. The van der Waals surface area contributed by atoms with E-state index in [1.54, 1.807) is 30.3 Å². The van der Waals surface area contributed by atoms with E-state index >= 15 is 0 Å². The molecule has 0 aliphatic carbocycles. The molecule has 0 unspecified atom stereocenters. The summed E-state index contributed by atoms with van der Waals surface area (Å²) in [5.74, 6) is -1.74. The van der Waals surface area contributed by atoms with Crippen LogP contribution in [0.3, 0.4) is 0 Å². The van der Waals surface area contributed by atoms with E-state index < -0.39 is 34.5 Å². The van der Waals surface area contributed by atoms with Gasteiger partial charge in [0.15, 0.2) is 6.61 Å². The Morgan fingerprint density at radius 3 is 2.33 bits per heavy atom. The number of hydrazine groups is 1. The Morgan fingerprint density at radius 1 is 1.17 bits per heavy atom. The Hall–Kier alpha value is -2.01. The third kappa shape index (κ3) is 7.04. The Morgan fingerprint density at radius 2 is 1.79 bits per heavy atom. The molecule has 0 aromatic heterocycles. The van der Waals surface area contributed by atoms with Gasteiger partial charge < -0.3 is 10.6 Å². The van der Waals surface area contributed by atoms with E-state index in [9.17, 15) is 23.1 Å². The number of amides is 2. The molecule has 0 aliphatic rings. The summed E-state index contributed by atoms with van der Waals surface area (Å²) in [6.45, 7) is -1.14. The second-order valence-corrected chi connectivity index (χ2v) is 6.97. The van der Waals surface area contributed by atoms with Gasteiger partial charge in [-0.25, -0.2) is 18.5 Å². The smallest absolute Gasteiger partial charge is 0.250 e. The molecule has 0 spiro atoms. The summed E-state index contributed by atoms with van der Waals surface area (Å²) in [5.41, 5.74) is 0.492. The molecule has 0 aliphatic heterocycles. The fourth-order valence-corrected chi connectivity index (χ4v) is 2.90. The molecule has 1 aromatic rings. The molecule has 0 bridgehead atoms. The highest BCUT2D eigenvalue weighted by atomic mass is 32.2. The number of carbonyl (C=O) groups excluding carboxylic acids is 2. The van der Waals surface area contributed by atoms with Crippen molar-refractivity contribution >= 4 is 21.8 Å². The molecule has 10 heteroatoms. The van der Waals surface area contributed by atoms with Gasteiger partial charge in [-0.15, -0.1) is 4.83 Å². The average molecular weight is 357 g/mol. The van der Waals surface area contributed by atoms with Crippen molar-refractivity contribution in [3.63, 3.8) is 0 Å². The SMILES string of the molecule is CN(C)NS(=O)(=O)CCNC(=O)[C@H](NC(=O)C[O])c1ccccc1. The van der Waals surface area contributed by atoms with Crippen LogP contribution in [0.4, 0.5) is 0 Å². The molecule has 9 nitrogen and oxygen atoms in total. The first-order valence-corrected chi connectivity index (χ1v) is 8.78. The van der Waals surface area contributed by atoms with Crippen LogP contribution in [-0.4, -0.2) is 58.2 Å². The zero-order chi connectivity index (χ0) is 18.2. The van der Waals surface area contributed by atoms with Crippen molar-refractivity contribution in [2.75, 3.05) is 33.0 Å². The molecule has 3 N–H and O–H groups in total. The van der Waals surface area contributed by atoms with Crippen molar-refractivity contribution in [3.8, 4) is 0 Å². The van der Waals surface area contributed by atoms with Crippen LogP contribution in [0.2, 0.25) is 0 Å². The summed E-state index contributed by atoms with van der Waals surface area (Å²) >= 11 is 0. The van der Waals surface area contributed by atoms with Crippen LogP contribution in [0.25, 0.3) is 0 Å². The molecule has 24 heavy (non-hydrogen) atoms. The predicted octanol–water partition coefficient (Wildman–Crippen LogP) is -1.21. The number of sulfonamides is 1. The highest BCUT2D eigenvalue weighted by Gasteiger charge is 2.23. The molecule has 0 saturated heterocycles. The Labute approximate surface area is 141 Å². The van der Waals surface area contributed by atoms with Crippen molar-refractivity contribution in [1.29, 1.82) is 0 Å². The molecular formula is C14H21N4O5S. The summed E-state index contributed by atoms with van der Waals surface area (Å²) in [5, 5.41) is 16.7. The van der Waals surface area contributed by atoms with E-state index in [1.165, 1.54) is 19.1 Å². The van der Waals surface area contributed by atoms with Crippen molar-refractivity contribution in [1.82, 2.24) is 20.5 Å². The largest absolute Gasteiger partial charge is 0.353 e. The number of rotatable bonds is 9. The van der Waals surface area contributed by atoms with Gasteiger partial charge in [-0.3, -0.25) is 9.59 Å². The Balaban J connectivity index is 2.70. The zero-order valence-corrected chi connectivity index (χ0v) is 14.3. The van der Waals surface area contributed by atoms with Crippen LogP contribution >= 0.6 is 0 Å². The second kappa shape index (κ2) is 9.33. The van der Waals surface area contributed by atoms with Crippen molar-refractivity contribution in [3.05, 3.63) is 35.9 Å². The molecular weight excluding hydrogens is 336 g/mol. The first-order valence-electron chi connectivity index (χ1n) is 7.12. The summed E-state index contributed by atoms with van der Waals surface area (Å²) in [6.07, 6.45) is 0.